The predicted octanol–water partition coefficient (Wildman–Crippen LogP) is 3.05. The van der Waals surface area contributed by atoms with E-state index in [1.807, 2.05) is 12.1 Å². The van der Waals surface area contributed by atoms with Crippen molar-refractivity contribution < 1.29 is 4.79 Å². The summed E-state index contributed by atoms with van der Waals surface area (Å²) in [6.07, 6.45) is 2.83. The Morgan fingerprint density at radius 3 is 2.94 bits per heavy atom. The zero-order valence-corrected chi connectivity index (χ0v) is 10.2. The van der Waals surface area contributed by atoms with Gasteiger partial charge < -0.3 is 5.32 Å². The van der Waals surface area contributed by atoms with Gasteiger partial charge in [0.2, 0.25) is 0 Å². The van der Waals surface area contributed by atoms with Crippen molar-refractivity contribution in [1.82, 2.24) is 5.32 Å². The normalized spacial score (nSPS) is 24.6. The summed E-state index contributed by atoms with van der Waals surface area (Å²) in [4.78, 5) is 12.4. The highest BCUT2D eigenvalue weighted by Gasteiger charge is 2.39. The number of nitrogens with one attached hydrogen (secondary N) is 1. The zero-order chi connectivity index (χ0) is 11.6. The van der Waals surface area contributed by atoms with Crippen molar-refractivity contribution in [2.75, 3.05) is 6.54 Å². The highest BCUT2D eigenvalue weighted by atomic mass is 35.5. The lowest BCUT2D eigenvalue weighted by Gasteiger charge is -2.26. The minimum atomic E-state index is -0.356. The van der Waals surface area contributed by atoms with Gasteiger partial charge in [-0.3, -0.25) is 4.79 Å². The molecule has 1 heterocycles. The second kappa shape index (κ2) is 4.56. The van der Waals surface area contributed by atoms with Crippen molar-refractivity contribution in [1.29, 1.82) is 0 Å². The quantitative estimate of drug-likeness (QED) is 0.819. The van der Waals surface area contributed by atoms with E-state index in [1.54, 1.807) is 12.1 Å². The lowest BCUT2D eigenvalue weighted by molar-refractivity contribution is 0.0864. The van der Waals surface area contributed by atoms with Crippen LogP contribution in [0.5, 0.6) is 0 Å². The Kier molecular flexibility index (Phi) is 3.31. The van der Waals surface area contributed by atoms with Crippen molar-refractivity contribution in [2.45, 2.75) is 31.7 Å². The molecule has 16 heavy (non-hydrogen) atoms. The fourth-order valence-electron chi connectivity index (χ4n) is 2.37. The summed E-state index contributed by atoms with van der Waals surface area (Å²) < 4.78 is 0. The zero-order valence-electron chi connectivity index (χ0n) is 9.42. The number of carbonyl (C=O) groups is 1. The van der Waals surface area contributed by atoms with Crippen LogP contribution < -0.4 is 5.32 Å². The molecule has 2 rings (SSSR count). The molecule has 1 unspecified atom stereocenters. The molecule has 3 heteroatoms. The molecule has 0 saturated carbocycles. The molecule has 1 fully saturated rings. The summed E-state index contributed by atoms with van der Waals surface area (Å²) in [5.41, 5.74) is 0.355. The highest BCUT2D eigenvalue weighted by Crippen LogP contribution is 2.28. The molecule has 0 spiro atoms. The van der Waals surface area contributed by atoms with E-state index in [1.165, 1.54) is 0 Å². The maximum atomic E-state index is 12.4. The van der Waals surface area contributed by atoms with Crippen LogP contribution in [-0.2, 0) is 0 Å². The van der Waals surface area contributed by atoms with E-state index in [2.05, 4.69) is 12.2 Å². The van der Waals surface area contributed by atoms with Crippen LogP contribution in [0, 0.1) is 0 Å². The van der Waals surface area contributed by atoms with Crippen LogP contribution in [-0.4, -0.2) is 17.9 Å². The largest absolute Gasteiger partial charge is 0.305 e. The number of ketones is 1. The van der Waals surface area contributed by atoms with Crippen molar-refractivity contribution >= 4 is 17.4 Å². The lowest BCUT2D eigenvalue weighted by atomic mass is 9.85. The molecule has 1 aliphatic heterocycles. The average Bonchev–Trinajstić information content (AvgIpc) is 2.78. The summed E-state index contributed by atoms with van der Waals surface area (Å²) in [5.74, 6) is 0.176. The van der Waals surface area contributed by atoms with Crippen LogP contribution in [0.2, 0.25) is 5.02 Å². The molecular formula is C13H16ClNO. The summed E-state index contributed by atoms with van der Waals surface area (Å²) in [6, 6.07) is 7.21. The molecule has 86 valence electrons. The van der Waals surface area contributed by atoms with Gasteiger partial charge >= 0.3 is 0 Å². The van der Waals surface area contributed by atoms with Gasteiger partial charge in [0.15, 0.2) is 5.78 Å². The van der Waals surface area contributed by atoms with Crippen molar-refractivity contribution in [3.05, 3.63) is 34.9 Å². The van der Waals surface area contributed by atoms with E-state index in [0.717, 1.165) is 25.8 Å². The predicted molar refractivity (Wildman–Crippen MR) is 66.0 cm³/mol. The van der Waals surface area contributed by atoms with E-state index in [9.17, 15) is 4.79 Å². The Labute approximate surface area is 101 Å². The molecule has 0 bridgehead atoms. The Morgan fingerprint density at radius 1 is 1.56 bits per heavy atom. The Morgan fingerprint density at radius 2 is 2.38 bits per heavy atom. The van der Waals surface area contributed by atoms with Crippen LogP contribution >= 0.6 is 11.6 Å². The molecule has 1 aromatic rings. The molecular weight excluding hydrogens is 222 g/mol. The first kappa shape index (κ1) is 11.6. The first-order valence-electron chi connectivity index (χ1n) is 5.73. The van der Waals surface area contributed by atoms with E-state index in [-0.39, 0.29) is 11.3 Å². The highest BCUT2D eigenvalue weighted by molar-refractivity contribution is 6.31. The molecule has 1 aliphatic rings. The number of benzene rings is 1. The van der Waals surface area contributed by atoms with Crippen LogP contribution in [0.4, 0.5) is 0 Å². The summed E-state index contributed by atoms with van der Waals surface area (Å²) >= 11 is 5.91. The van der Waals surface area contributed by atoms with Gasteiger partial charge in [0, 0.05) is 10.6 Å². The second-order valence-corrected chi connectivity index (χ2v) is 4.74. The maximum absolute atomic E-state index is 12.4. The van der Waals surface area contributed by atoms with Gasteiger partial charge in [0.1, 0.15) is 0 Å². The smallest absolute Gasteiger partial charge is 0.182 e. The van der Waals surface area contributed by atoms with Gasteiger partial charge in [-0.05, 0) is 37.9 Å². The van der Waals surface area contributed by atoms with E-state index in [0.29, 0.717) is 10.6 Å². The summed E-state index contributed by atoms with van der Waals surface area (Å²) in [7, 11) is 0. The molecule has 0 aromatic heterocycles. The molecule has 2 nitrogen and oxygen atoms in total. The molecule has 1 saturated heterocycles. The molecule has 0 amide bonds. The van der Waals surface area contributed by atoms with Gasteiger partial charge in [-0.1, -0.05) is 30.7 Å². The third-order valence-corrected chi connectivity index (χ3v) is 3.60. The van der Waals surface area contributed by atoms with Gasteiger partial charge in [0.25, 0.3) is 0 Å². The Hall–Kier alpha value is -0.860. The van der Waals surface area contributed by atoms with Crippen LogP contribution in [0.1, 0.15) is 36.5 Å². The Balaban J connectivity index is 2.30. The number of halogens is 1. The first-order chi connectivity index (χ1) is 7.68. The summed E-state index contributed by atoms with van der Waals surface area (Å²) in [5, 5.41) is 3.97. The number of Topliss-reactive ketones (excluding diaryl/α,β-unsaturated/α-hetero) is 1. The molecule has 1 atom stereocenters. The third kappa shape index (κ3) is 2.00. The number of hydrogen-bond acceptors (Lipinski definition) is 2. The SMILES string of the molecule is CCC1(C(=O)c2cccc(Cl)c2)CCCN1. The van der Waals surface area contributed by atoms with Gasteiger partial charge in [-0.15, -0.1) is 0 Å². The Bertz CT molecular complexity index is 397. The fourth-order valence-corrected chi connectivity index (χ4v) is 2.56. The standard InChI is InChI=1S/C13H16ClNO/c1-2-13(7-4-8-15-13)12(16)10-5-3-6-11(14)9-10/h3,5-6,9,15H,2,4,7-8H2,1H3. The number of hydrogen-bond donors (Lipinski definition) is 1. The van der Waals surface area contributed by atoms with Gasteiger partial charge in [-0.25, -0.2) is 0 Å². The topological polar surface area (TPSA) is 29.1 Å². The van der Waals surface area contributed by atoms with Crippen molar-refractivity contribution in [3.63, 3.8) is 0 Å². The van der Waals surface area contributed by atoms with Crippen LogP contribution in [0.25, 0.3) is 0 Å². The minimum Gasteiger partial charge on any atom is -0.305 e. The average molecular weight is 238 g/mol. The second-order valence-electron chi connectivity index (χ2n) is 4.31. The van der Waals surface area contributed by atoms with E-state index < -0.39 is 0 Å². The number of carbonyl (C=O) groups excluding carboxylic acids is 1. The molecule has 1 N–H and O–H groups in total. The lowest BCUT2D eigenvalue weighted by Crippen LogP contribution is -2.46. The van der Waals surface area contributed by atoms with E-state index >= 15 is 0 Å². The molecule has 1 aromatic carbocycles. The van der Waals surface area contributed by atoms with Crippen molar-refractivity contribution in [2.24, 2.45) is 0 Å². The minimum absolute atomic E-state index is 0.176. The number of rotatable bonds is 3. The van der Waals surface area contributed by atoms with Crippen molar-refractivity contribution in [3.8, 4) is 0 Å². The monoisotopic (exact) mass is 237 g/mol. The van der Waals surface area contributed by atoms with E-state index in [4.69, 9.17) is 11.6 Å². The van der Waals surface area contributed by atoms with Crippen LogP contribution in [0.3, 0.4) is 0 Å². The third-order valence-electron chi connectivity index (χ3n) is 3.37. The fraction of sp³-hybridized carbons (Fsp3) is 0.462. The maximum Gasteiger partial charge on any atom is 0.182 e. The summed E-state index contributed by atoms with van der Waals surface area (Å²) in [6.45, 7) is 2.99. The van der Waals surface area contributed by atoms with Gasteiger partial charge in [-0.2, -0.15) is 0 Å². The van der Waals surface area contributed by atoms with Crippen LogP contribution in [0.15, 0.2) is 24.3 Å². The van der Waals surface area contributed by atoms with Gasteiger partial charge in [0.05, 0.1) is 5.54 Å². The molecule has 0 aliphatic carbocycles. The molecule has 0 radical (unpaired) electrons. The first-order valence-corrected chi connectivity index (χ1v) is 6.11.